The maximum atomic E-state index is 11.6. The SMILES string of the molecule is CCC(=O)NCCCCCCNC(=O)Nc1nc(=O)cc(C)[nH]1. The predicted molar refractivity (Wildman–Crippen MR) is 88.4 cm³/mol. The molecule has 128 valence electrons. The Labute approximate surface area is 135 Å². The van der Waals surface area contributed by atoms with Gasteiger partial charge in [-0.1, -0.05) is 19.8 Å². The number of unbranched alkanes of at least 4 members (excludes halogenated alkanes) is 3. The third kappa shape index (κ3) is 8.60. The number of hydrogen-bond acceptors (Lipinski definition) is 4. The van der Waals surface area contributed by atoms with E-state index in [0.29, 0.717) is 25.2 Å². The van der Waals surface area contributed by atoms with Crippen LogP contribution in [0.15, 0.2) is 10.9 Å². The van der Waals surface area contributed by atoms with E-state index in [0.717, 1.165) is 25.7 Å². The molecule has 3 amide bonds. The molecule has 1 heterocycles. The lowest BCUT2D eigenvalue weighted by Gasteiger charge is -2.07. The minimum absolute atomic E-state index is 0.0751. The molecule has 0 aromatic carbocycles. The van der Waals surface area contributed by atoms with Crippen LogP contribution >= 0.6 is 0 Å². The summed E-state index contributed by atoms with van der Waals surface area (Å²) in [4.78, 5) is 40.3. The van der Waals surface area contributed by atoms with E-state index in [2.05, 4.69) is 25.9 Å². The number of carbonyl (C=O) groups excluding carboxylic acids is 2. The van der Waals surface area contributed by atoms with Gasteiger partial charge in [-0.25, -0.2) is 4.79 Å². The predicted octanol–water partition coefficient (Wildman–Crippen LogP) is 1.29. The molecule has 0 aliphatic carbocycles. The van der Waals surface area contributed by atoms with Gasteiger partial charge in [-0.15, -0.1) is 0 Å². The smallest absolute Gasteiger partial charge is 0.321 e. The summed E-state index contributed by atoms with van der Waals surface area (Å²) in [5.41, 5.74) is 0.238. The van der Waals surface area contributed by atoms with Crippen LogP contribution in [0.25, 0.3) is 0 Å². The third-order valence-electron chi connectivity index (χ3n) is 3.14. The second-order valence-corrected chi connectivity index (χ2v) is 5.25. The quantitative estimate of drug-likeness (QED) is 0.512. The summed E-state index contributed by atoms with van der Waals surface area (Å²) in [6.45, 7) is 4.79. The van der Waals surface area contributed by atoms with E-state index in [1.54, 1.807) is 6.92 Å². The van der Waals surface area contributed by atoms with Gasteiger partial charge in [0.05, 0.1) is 0 Å². The maximum absolute atomic E-state index is 11.6. The minimum Gasteiger partial charge on any atom is -0.356 e. The number of anilines is 1. The summed E-state index contributed by atoms with van der Waals surface area (Å²) in [6, 6.07) is 0.959. The van der Waals surface area contributed by atoms with Gasteiger partial charge in [0.15, 0.2) is 0 Å². The van der Waals surface area contributed by atoms with Crippen LogP contribution in [0.5, 0.6) is 0 Å². The molecule has 0 radical (unpaired) electrons. The van der Waals surface area contributed by atoms with Gasteiger partial charge in [-0.2, -0.15) is 4.98 Å². The zero-order valence-corrected chi connectivity index (χ0v) is 13.7. The van der Waals surface area contributed by atoms with E-state index in [1.807, 2.05) is 6.92 Å². The third-order valence-corrected chi connectivity index (χ3v) is 3.14. The average Bonchev–Trinajstić information content (AvgIpc) is 2.48. The molecule has 0 aliphatic rings. The second-order valence-electron chi connectivity index (χ2n) is 5.25. The summed E-state index contributed by atoms with van der Waals surface area (Å²) in [5.74, 6) is 0.213. The first-order valence-corrected chi connectivity index (χ1v) is 7.90. The molecule has 0 saturated carbocycles. The largest absolute Gasteiger partial charge is 0.356 e. The van der Waals surface area contributed by atoms with Crippen molar-refractivity contribution >= 4 is 17.9 Å². The lowest BCUT2D eigenvalue weighted by atomic mass is 10.2. The molecule has 0 saturated heterocycles. The topological polar surface area (TPSA) is 116 Å². The molecule has 1 rings (SSSR count). The average molecular weight is 323 g/mol. The molecule has 0 bridgehead atoms. The first kappa shape index (κ1) is 18.7. The number of aryl methyl sites for hydroxylation is 1. The summed E-state index contributed by atoms with van der Waals surface area (Å²) in [5, 5.41) is 8.02. The van der Waals surface area contributed by atoms with Gasteiger partial charge in [-0.05, 0) is 19.8 Å². The number of aromatic nitrogens is 2. The monoisotopic (exact) mass is 323 g/mol. The number of rotatable bonds is 9. The first-order valence-electron chi connectivity index (χ1n) is 7.90. The van der Waals surface area contributed by atoms with Crippen molar-refractivity contribution in [3.8, 4) is 0 Å². The number of amides is 3. The number of nitrogens with one attached hydrogen (secondary N) is 4. The molecule has 0 spiro atoms. The van der Waals surface area contributed by atoms with Crippen LogP contribution in [0, 0.1) is 6.92 Å². The lowest BCUT2D eigenvalue weighted by Crippen LogP contribution is -2.31. The molecule has 1 aromatic rings. The van der Waals surface area contributed by atoms with Crippen LogP contribution < -0.4 is 21.5 Å². The molecule has 8 heteroatoms. The van der Waals surface area contributed by atoms with Gasteiger partial charge in [0.25, 0.3) is 5.56 Å². The molecule has 0 unspecified atom stereocenters. The van der Waals surface area contributed by atoms with Crippen molar-refractivity contribution in [2.24, 2.45) is 0 Å². The van der Waals surface area contributed by atoms with Crippen LogP contribution in [-0.2, 0) is 4.79 Å². The highest BCUT2D eigenvalue weighted by Crippen LogP contribution is 1.99. The number of carbonyl (C=O) groups is 2. The van der Waals surface area contributed by atoms with Crippen molar-refractivity contribution < 1.29 is 9.59 Å². The minimum atomic E-state index is -0.397. The number of hydrogen-bond donors (Lipinski definition) is 4. The van der Waals surface area contributed by atoms with Gasteiger partial charge < -0.3 is 15.6 Å². The Morgan fingerprint density at radius 1 is 1.13 bits per heavy atom. The van der Waals surface area contributed by atoms with Crippen LogP contribution in [0.1, 0.15) is 44.7 Å². The Balaban J connectivity index is 2.08. The second kappa shape index (κ2) is 10.4. The van der Waals surface area contributed by atoms with Crippen LogP contribution in [0.3, 0.4) is 0 Å². The first-order chi connectivity index (χ1) is 11.0. The Hall–Kier alpha value is -2.38. The fourth-order valence-electron chi connectivity index (χ4n) is 1.95. The summed E-state index contributed by atoms with van der Waals surface area (Å²) in [6.07, 6.45) is 4.28. The van der Waals surface area contributed by atoms with Crippen LogP contribution in [0.4, 0.5) is 10.7 Å². The Kier molecular flexibility index (Phi) is 8.41. The summed E-state index contributed by atoms with van der Waals surface area (Å²) >= 11 is 0. The molecular formula is C15H25N5O3. The number of aromatic amines is 1. The van der Waals surface area contributed by atoms with E-state index >= 15 is 0 Å². The standard InChI is InChI=1S/C15H25N5O3/c1-3-12(21)16-8-6-4-5-7-9-17-15(23)20-14-18-11(2)10-13(22)19-14/h10H,3-9H2,1-2H3,(H,16,21)(H3,17,18,19,20,22,23). The van der Waals surface area contributed by atoms with E-state index in [9.17, 15) is 14.4 Å². The highest BCUT2D eigenvalue weighted by molar-refractivity contribution is 5.87. The Morgan fingerprint density at radius 2 is 1.78 bits per heavy atom. The van der Waals surface area contributed by atoms with Gasteiger partial charge in [0, 0.05) is 31.3 Å². The van der Waals surface area contributed by atoms with Crippen LogP contribution in [0.2, 0.25) is 0 Å². The van der Waals surface area contributed by atoms with Crippen molar-refractivity contribution in [3.63, 3.8) is 0 Å². The molecule has 0 atom stereocenters. The molecule has 0 aliphatic heterocycles. The highest BCUT2D eigenvalue weighted by atomic mass is 16.2. The number of nitrogens with zero attached hydrogens (tertiary/aromatic N) is 1. The highest BCUT2D eigenvalue weighted by Gasteiger charge is 2.03. The fourth-order valence-corrected chi connectivity index (χ4v) is 1.95. The molecule has 8 nitrogen and oxygen atoms in total. The maximum Gasteiger partial charge on any atom is 0.321 e. The van der Waals surface area contributed by atoms with E-state index in [1.165, 1.54) is 6.07 Å². The van der Waals surface area contributed by atoms with Crippen molar-refractivity contribution in [1.29, 1.82) is 0 Å². The summed E-state index contributed by atoms with van der Waals surface area (Å²) in [7, 11) is 0. The van der Waals surface area contributed by atoms with Gasteiger partial charge in [-0.3, -0.25) is 14.9 Å². The van der Waals surface area contributed by atoms with E-state index in [4.69, 9.17) is 0 Å². The van der Waals surface area contributed by atoms with Crippen molar-refractivity contribution in [2.45, 2.75) is 46.0 Å². The normalized spacial score (nSPS) is 10.2. The number of urea groups is 1. The van der Waals surface area contributed by atoms with Crippen molar-refractivity contribution in [2.75, 3.05) is 18.4 Å². The number of H-pyrrole nitrogens is 1. The zero-order valence-electron chi connectivity index (χ0n) is 13.7. The fraction of sp³-hybridized carbons (Fsp3) is 0.600. The molecule has 0 fully saturated rings. The van der Waals surface area contributed by atoms with Crippen molar-refractivity contribution in [1.82, 2.24) is 20.6 Å². The molecule has 1 aromatic heterocycles. The Morgan fingerprint density at radius 3 is 2.39 bits per heavy atom. The van der Waals surface area contributed by atoms with E-state index in [-0.39, 0.29) is 11.9 Å². The lowest BCUT2D eigenvalue weighted by molar-refractivity contribution is -0.120. The van der Waals surface area contributed by atoms with Crippen molar-refractivity contribution in [3.05, 3.63) is 22.1 Å². The summed E-state index contributed by atoms with van der Waals surface area (Å²) < 4.78 is 0. The van der Waals surface area contributed by atoms with Gasteiger partial charge >= 0.3 is 6.03 Å². The molecule has 4 N–H and O–H groups in total. The molecule has 23 heavy (non-hydrogen) atoms. The van der Waals surface area contributed by atoms with Gasteiger partial charge in [0.1, 0.15) is 0 Å². The van der Waals surface area contributed by atoms with E-state index < -0.39 is 11.6 Å². The Bertz CT molecular complexity index is 570. The van der Waals surface area contributed by atoms with Gasteiger partial charge in [0.2, 0.25) is 11.9 Å². The molecular weight excluding hydrogens is 298 g/mol. The van der Waals surface area contributed by atoms with Crippen LogP contribution in [-0.4, -0.2) is 35.0 Å². The zero-order chi connectivity index (χ0) is 17.1.